The minimum Gasteiger partial charge on any atom is -0.466 e. The Labute approximate surface area is 98.2 Å². The zero-order chi connectivity index (χ0) is 12.3. The van der Waals surface area contributed by atoms with Gasteiger partial charge in [0.1, 0.15) is 11.9 Å². The first-order chi connectivity index (χ1) is 8.24. The van der Waals surface area contributed by atoms with Gasteiger partial charge in [-0.1, -0.05) is 0 Å². The lowest BCUT2D eigenvalue weighted by Gasteiger charge is -1.99. The standard InChI is InChI=1S/C13H12O4/c1-2-16-13(15)6-10-8-17-12-4-3-9(7-14)5-11(10)12/h3-5,7-8H,2,6H2,1H3. The van der Waals surface area contributed by atoms with Crippen molar-refractivity contribution in [1.29, 1.82) is 0 Å². The predicted molar refractivity (Wildman–Crippen MR) is 61.9 cm³/mol. The van der Waals surface area contributed by atoms with Crippen molar-refractivity contribution < 1.29 is 18.7 Å². The van der Waals surface area contributed by atoms with E-state index >= 15 is 0 Å². The Bertz CT molecular complexity index is 554. The molecule has 1 aromatic heterocycles. The molecule has 4 nitrogen and oxygen atoms in total. The number of hydrogen-bond donors (Lipinski definition) is 0. The molecule has 4 heteroatoms. The second-order valence-electron chi connectivity index (χ2n) is 3.62. The first kappa shape index (κ1) is 11.4. The molecular formula is C13H12O4. The monoisotopic (exact) mass is 232 g/mol. The third-order valence-electron chi connectivity index (χ3n) is 2.45. The summed E-state index contributed by atoms with van der Waals surface area (Å²) < 4.78 is 10.2. The third-order valence-corrected chi connectivity index (χ3v) is 2.45. The molecule has 0 bridgehead atoms. The second-order valence-corrected chi connectivity index (χ2v) is 3.62. The Kier molecular flexibility index (Phi) is 3.23. The fourth-order valence-electron chi connectivity index (χ4n) is 1.68. The largest absolute Gasteiger partial charge is 0.466 e. The molecule has 0 aliphatic rings. The normalized spacial score (nSPS) is 10.4. The van der Waals surface area contributed by atoms with Gasteiger partial charge < -0.3 is 9.15 Å². The third kappa shape index (κ3) is 2.36. The summed E-state index contributed by atoms with van der Waals surface area (Å²) in [6.07, 6.45) is 2.44. The van der Waals surface area contributed by atoms with Crippen LogP contribution in [0.15, 0.2) is 28.9 Å². The molecule has 0 fully saturated rings. The van der Waals surface area contributed by atoms with Crippen LogP contribution in [0.4, 0.5) is 0 Å². The highest BCUT2D eigenvalue weighted by atomic mass is 16.5. The van der Waals surface area contributed by atoms with Gasteiger partial charge in [-0.25, -0.2) is 0 Å². The number of aldehydes is 1. The maximum atomic E-state index is 11.4. The molecule has 0 atom stereocenters. The zero-order valence-electron chi connectivity index (χ0n) is 9.43. The van der Waals surface area contributed by atoms with Gasteiger partial charge in [0.05, 0.1) is 19.3 Å². The molecule has 0 saturated carbocycles. The Morgan fingerprint density at radius 1 is 1.47 bits per heavy atom. The van der Waals surface area contributed by atoms with Gasteiger partial charge in [-0.05, 0) is 25.1 Å². The van der Waals surface area contributed by atoms with Crippen molar-refractivity contribution >= 4 is 23.2 Å². The zero-order valence-corrected chi connectivity index (χ0v) is 9.43. The number of fused-ring (bicyclic) bond motifs is 1. The first-order valence-corrected chi connectivity index (χ1v) is 5.35. The molecule has 2 rings (SSSR count). The van der Waals surface area contributed by atoms with Crippen LogP contribution >= 0.6 is 0 Å². The predicted octanol–water partition coefficient (Wildman–Crippen LogP) is 2.35. The fourth-order valence-corrected chi connectivity index (χ4v) is 1.68. The number of ether oxygens (including phenoxy) is 1. The summed E-state index contributed by atoms with van der Waals surface area (Å²) in [5, 5.41) is 0.780. The molecule has 1 heterocycles. The minimum absolute atomic E-state index is 0.156. The molecule has 0 aliphatic carbocycles. The quantitative estimate of drug-likeness (QED) is 0.599. The molecule has 0 saturated heterocycles. The van der Waals surface area contributed by atoms with Crippen LogP contribution in [0.3, 0.4) is 0 Å². The molecule has 0 spiro atoms. The van der Waals surface area contributed by atoms with Gasteiger partial charge in [-0.2, -0.15) is 0 Å². The number of carbonyl (C=O) groups excluding carboxylic acids is 2. The summed E-state index contributed by atoms with van der Waals surface area (Å²) in [7, 11) is 0. The molecule has 0 unspecified atom stereocenters. The molecule has 17 heavy (non-hydrogen) atoms. The molecule has 0 amide bonds. The van der Waals surface area contributed by atoms with Crippen molar-refractivity contribution in [3.63, 3.8) is 0 Å². The van der Waals surface area contributed by atoms with E-state index in [1.807, 2.05) is 0 Å². The SMILES string of the molecule is CCOC(=O)Cc1coc2ccc(C=O)cc12. The van der Waals surface area contributed by atoms with Crippen molar-refractivity contribution in [1.82, 2.24) is 0 Å². The fraction of sp³-hybridized carbons (Fsp3) is 0.231. The van der Waals surface area contributed by atoms with E-state index in [0.29, 0.717) is 17.8 Å². The summed E-state index contributed by atoms with van der Waals surface area (Å²) in [6.45, 7) is 2.12. The first-order valence-electron chi connectivity index (χ1n) is 5.35. The summed E-state index contributed by atoms with van der Waals surface area (Å²) >= 11 is 0. The van der Waals surface area contributed by atoms with Crippen LogP contribution in [-0.4, -0.2) is 18.9 Å². The summed E-state index contributed by atoms with van der Waals surface area (Å²) in [6, 6.07) is 5.10. The Balaban J connectivity index is 2.34. The van der Waals surface area contributed by atoms with Crippen LogP contribution in [0.5, 0.6) is 0 Å². The Hall–Kier alpha value is -2.10. The average Bonchev–Trinajstić information content (AvgIpc) is 2.72. The summed E-state index contributed by atoms with van der Waals surface area (Å²) in [4.78, 5) is 22.1. The molecular weight excluding hydrogens is 220 g/mol. The number of hydrogen-bond acceptors (Lipinski definition) is 4. The highest BCUT2D eigenvalue weighted by molar-refractivity contribution is 5.90. The smallest absolute Gasteiger partial charge is 0.310 e. The number of rotatable bonds is 4. The van der Waals surface area contributed by atoms with E-state index in [-0.39, 0.29) is 12.4 Å². The van der Waals surface area contributed by atoms with Crippen LogP contribution in [0, 0.1) is 0 Å². The number of carbonyl (C=O) groups is 2. The van der Waals surface area contributed by atoms with Crippen molar-refractivity contribution in [2.75, 3.05) is 6.61 Å². The lowest BCUT2D eigenvalue weighted by Crippen LogP contribution is -2.06. The average molecular weight is 232 g/mol. The van der Waals surface area contributed by atoms with E-state index in [1.165, 1.54) is 6.26 Å². The van der Waals surface area contributed by atoms with E-state index in [2.05, 4.69) is 0 Å². The number of furan rings is 1. The van der Waals surface area contributed by atoms with Crippen molar-refractivity contribution in [2.45, 2.75) is 13.3 Å². The maximum Gasteiger partial charge on any atom is 0.310 e. The number of benzene rings is 1. The lowest BCUT2D eigenvalue weighted by molar-refractivity contribution is -0.142. The van der Waals surface area contributed by atoms with Gasteiger partial charge in [0.25, 0.3) is 0 Å². The van der Waals surface area contributed by atoms with E-state index in [9.17, 15) is 9.59 Å². The van der Waals surface area contributed by atoms with Crippen molar-refractivity contribution in [3.05, 3.63) is 35.6 Å². The van der Waals surface area contributed by atoms with E-state index < -0.39 is 0 Å². The molecule has 0 radical (unpaired) electrons. The van der Waals surface area contributed by atoms with E-state index in [1.54, 1.807) is 25.1 Å². The Morgan fingerprint density at radius 3 is 3.00 bits per heavy atom. The van der Waals surface area contributed by atoms with Crippen LogP contribution in [0.2, 0.25) is 0 Å². The minimum atomic E-state index is -0.299. The van der Waals surface area contributed by atoms with E-state index in [0.717, 1.165) is 17.2 Å². The molecule has 88 valence electrons. The topological polar surface area (TPSA) is 56.5 Å². The molecule has 0 N–H and O–H groups in total. The highest BCUT2D eigenvalue weighted by Gasteiger charge is 2.11. The summed E-state index contributed by atoms with van der Waals surface area (Å²) in [5.74, 6) is -0.299. The van der Waals surface area contributed by atoms with Gasteiger partial charge in [0.2, 0.25) is 0 Å². The Morgan fingerprint density at radius 2 is 2.29 bits per heavy atom. The van der Waals surface area contributed by atoms with Crippen LogP contribution < -0.4 is 0 Å². The summed E-state index contributed by atoms with van der Waals surface area (Å²) in [5.41, 5.74) is 1.96. The van der Waals surface area contributed by atoms with Gasteiger partial charge in [0, 0.05) is 16.5 Å². The highest BCUT2D eigenvalue weighted by Crippen LogP contribution is 2.22. The van der Waals surface area contributed by atoms with Crippen LogP contribution in [0.25, 0.3) is 11.0 Å². The van der Waals surface area contributed by atoms with Crippen molar-refractivity contribution in [3.8, 4) is 0 Å². The molecule has 0 aliphatic heterocycles. The maximum absolute atomic E-state index is 11.4. The van der Waals surface area contributed by atoms with Gasteiger partial charge in [-0.3, -0.25) is 9.59 Å². The van der Waals surface area contributed by atoms with Gasteiger partial charge in [0.15, 0.2) is 0 Å². The van der Waals surface area contributed by atoms with Gasteiger partial charge >= 0.3 is 5.97 Å². The lowest BCUT2D eigenvalue weighted by atomic mass is 10.1. The van der Waals surface area contributed by atoms with Crippen LogP contribution in [-0.2, 0) is 16.0 Å². The van der Waals surface area contributed by atoms with E-state index in [4.69, 9.17) is 9.15 Å². The molecule has 1 aromatic carbocycles. The second kappa shape index (κ2) is 4.82. The van der Waals surface area contributed by atoms with Crippen molar-refractivity contribution in [2.24, 2.45) is 0 Å². The number of esters is 1. The van der Waals surface area contributed by atoms with Crippen LogP contribution in [0.1, 0.15) is 22.8 Å². The molecule has 2 aromatic rings. The van der Waals surface area contributed by atoms with Gasteiger partial charge in [-0.15, -0.1) is 0 Å².